The van der Waals surface area contributed by atoms with Crippen LogP contribution in [-0.2, 0) is 48.2 Å². The van der Waals surface area contributed by atoms with E-state index < -0.39 is 35.3 Å². The molecular formula is C37H46N2O8. The van der Waals surface area contributed by atoms with E-state index in [1.807, 2.05) is 36.4 Å². The molecule has 252 valence electrons. The monoisotopic (exact) mass is 646 g/mol. The van der Waals surface area contributed by atoms with Crippen LogP contribution in [-0.4, -0.2) is 47.7 Å². The molecule has 0 aliphatic heterocycles. The van der Waals surface area contributed by atoms with Crippen LogP contribution in [0.15, 0.2) is 84.9 Å². The summed E-state index contributed by atoms with van der Waals surface area (Å²) >= 11 is 0. The number of alkyl carbamates (subject to hydrolysis) is 1. The van der Waals surface area contributed by atoms with Gasteiger partial charge in [0.05, 0.1) is 0 Å². The molecule has 1 unspecified atom stereocenters. The first-order valence-corrected chi connectivity index (χ1v) is 15.8. The lowest BCUT2D eigenvalue weighted by atomic mass is 9.91. The van der Waals surface area contributed by atoms with E-state index in [4.69, 9.17) is 18.9 Å². The highest BCUT2D eigenvalue weighted by atomic mass is 16.6. The summed E-state index contributed by atoms with van der Waals surface area (Å²) in [6.45, 7) is 9.33. The van der Waals surface area contributed by atoms with Crippen LogP contribution < -0.4 is 15.4 Å². The molecule has 0 bridgehead atoms. The molecule has 0 heterocycles. The third kappa shape index (κ3) is 12.8. The Morgan fingerprint density at radius 2 is 1.23 bits per heavy atom. The van der Waals surface area contributed by atoms with Gasteiger partial charge in [-0.3, -0.25) is 4.79 Å². The van der Waals surface area contributed by atoms with Crippen LogP contribution in [0.4, 0.5) is 4.79 Å². The zero-order valence-electron chi connectivity index (χ0n) is 27.9. The Bertz CT molecular complexity index is 1380. The first-order chi connectivity index (χ1) is 22.4. The number of carbonyl (C=O) groups is 4. The zero-order valence-corrected chi connectivity index (χ0v) is 27.9. The van der Waals surface area contributed by atoms with Crippen LogP contribution in [0.1, 0.15) is 70.6 Å². The van der Waals surface area contributed by atoms with Crippen LogP contribution in [0.3, 0.4) is 0 Å². The van der Waals surface area contributed by atoms with E-state index in [1.165, 1.54) is 0 Å². The zero-order chi connectivity index (χ0) is 34.3. The van der Waals surface area contributed by atoms with Gasteiger partial charge in [-0.2, -0.15) is 0 Å². The summed E-state index contributed by atoms with van der Waals surface area (Å²) in [5, 5.41) is 5.66. The van der Waals surface area contributed by atoms with Crippen molar-refractivity contribution in [3.8, 4) is 5.75 Å². The van der Waals surface area contributed by atoms with Gasteiger partial charge in [0.2, 0.25) is 5.91 Å². The maximum Gasteiger partial charge on any atom is 0.408 e. The number of carbonyl (C=O) groups excluding carboxylic acids is 4. The van der Waals surface area contributed by atoms with Crippen molar-refractivity contribution in [3.05, 3.63) is 102 Å². The second kappa shape index (κ2) is 17.7. The third-order valence-corrected chi connectivity index (χ3v) is 6.95. The topological polar surface area (TPSA) is 129 Å². The fourth-order valence-electron chi connectivity index (χ4n) is 4.51. The molecule has 47 heavy (non-hydrogen) atoms. The first-order valence-electron chi connectivity index (χ1n) is 15.8. The largest absolute Gasteiger partial charge is 0.467 e. The van der Waals surface area contributed by atoms with Gasteiger partial charge >= 0.3 is 18.0 Å². The Kier molecular flexibility index (Phi) is 13.8. The van der Waals surface area contributed by atoms with Gasteiger partial charge in [-0.25, -0.2) is 14.4 Å². The van der Waals surface area contributed by atoms with Crippen molar-refractivity contribution in [1.82, 2.24) is 10.6 Å². The first kappa shape index (κ1) is 36.6. The number of unbranched alkanes of at least 4 members (excludes halogenated alkanes) is 2. The second-order valence-electron chi connectivity index (χ2n) is 12.4. The molecule has 0 aliphatic carbocycles. The Balaban J connectivity index is 1.75. The summed E-state index contributed by atoms with van der Waals surface area (Å²) in [5.41, 5.74) is 0.109. The van der Waals surface area contributed by atoms with Crippen molar-refractivity contribution in [2.45, 2.75) is 90.8 Å². The van der Waals surface area contributed by atoms with E-state index >= 15 is 0 Å². The molecule has 0 fully saturated rings. The number of rotatable bonds is 16. The molecule has 3 aromatic carbocycles. The highest BCUT2D eigenvalue weighted by molar-refractivity contribution is 5.98. The molecule has 0 spiro atoms. The summed E-state index contributed by atoms with van der Waals surface area (Å²) in [4.78, 5) is 52.2. The lowest BCUT2D eigenvalue weighted by Crippen LogP contribution is -2.59. The molecule has 2 amide bonds. The average Bonchev–Trinajstić information content (AvgIpc) is 3.04. The molecule has 0 saturated heterocycles. The fourth-order valence-corrected chi connectivity index (χ4v) is 4.51. The molecule has 3 rings (SSSR count). The van der Waals surface area contributed by atoms with Crippen LogP contribution in [0, 0.1) is 0 Å². The minimum Gasteiger partial charge on any atom is -0.467 e. The van der Waals surface area contributed by atoms with Crippen molar-refractivity contribution >= 4 is 23.9 Å². The number of nitrogens with one attached hydrogen (secondary N) is 2. The van der Waals surface area contributed by atoms with Gasteiger partial charge in [0.1, 0.15) is 30.1 Å². The summed E-state index contributed by atoms with van der Waals surface area (Å²) < 4.78 is 22.1. The summed E-state index contributed by atoms with van der Waals surface area (Å²) in [7, 11) is 0. The van der Waals surface area contributed by atoms with Crippen molar-refractivity contribution < 1.29 is 38.1 Å². The van der Waals surface area contributed by atoms with E-state index in [9.17, 15) is 19.2 Å². The van der Waals surface area contributed by atoms with Crippen molar-refractivity contribution in [3.63, 3.8) is 0 Å². The predicted molar refractivity (Wildman–Crippen MR) is 177 cm³/mol. The molecular weight excluding hydrogens is 600 g/mol. The molecule has 0 saturated carbocycles. The molecule has 0 aromatic heterocycles. The van der Waals surface area contributed by atoms with E-state index in [0.29, 0.717) is 12.1 Å². The molecule has 10 nitrogen and oxygen atoms in total. The highest BCUT2D eigenvalue weighted by Gasteiger charge is 2.37. The molecule has 0 radical (unpaired) electrons. The molecule has 10 heteroatoms. The number of esters is 2. The van der Waals surface area contributed by atoms with E-state index in [-0.39, 0.29) is 31.3 Å². The maximum atomic E-state index is 13.3. The summed E-state index contributed by atoms with van der Waals surface area (Å²) in [6.07, 6.45) is 0.538. The minimum absolute atomic E-state index is 0.0474. The standard InChI is InChI=1S/C37H46N2O8/c1-6-7-14-23-38-34(42)37(5,39-35(43)47-36(2,3)4)24-27-19-21-30(22-20-27)46-31(32(40)44-25-28-15-10-8-11-16-28)33(41)45-26-29-17-12-9-13-18-29/h8-13,15-22,31H,6-7,14,23-26H2,1-5H3,(H,38,42)(H,39,43). The smallest absolute Gasteiger partial charge is 0.408 e. The molecule has 3 aromatic rings. The molecule has 2 N–H and O–H groups in total. The van der Waals surface area contributed by atoms with Gasteiger partial charge in [0.25, 0.3) is 6.10 Å². The summed E-state index contributed by atoms with van der Waals surface area (Å²) in [5.74, 6) is -1.94. The van der Waals surface area contributed by atoms with Crippen LogP contribution in [0.5, 0.6) is 5.75 Å². The quantitative estimate of drug-likeness (QED) is 0.0833. The van der Waals surface area contributed by atoms with Gasteiger partial charge in [-0.1, -0.05) is 92.6 Å². The SMILES string of the molecule is CCCCCNC(=O)C(C)(Cc1ccc(OC(C(=O)OCc2ccccc2)C(=O)OCc2ccccc2)cc1)NC(=O)OC(C)(C)C. The number of hydrogen-bond donors (Lipinski definition) is 2. The van der Waals surface area contributed by atoms with Crippen LogP contribution >= 0.6 is 0 Å². The minimum atomic E-state index is -1.68. The Labute approximate surface area is 277 Å². The number of ether oxygens (including phenoxy) is 4. The lowest BCUT2D eigenvalue weighted by Gasteiger charge is -2.31. The predicted octanol–water partition coefficient (Wildman–Crippen LogP) is 6.05. The van der Waals surface area contributed by atoms with E-state index in [1.54, 1.807) is 76.2 Å². The van der Waals surface area contributed by atoms with Crippen LogP contribution in [0.2, 0.25) is 0 Å². The molecule has 0 aliphatic rings. The Morgan fingerprint density at radius 1 is 0.702 bits per heavy atom. The van der Waals surface area contributed by atoms with Gasteiger partial charge < -0.3 is 29.6 Å². The van der Waals surface area contributed by atoms with Crippen molar-refractivity contribution in [1.29, 1.82) is 0 Å². The second-order valence-corrected chi connectivity index (χ2v) is 12.4. The number of hydrogen-bond acceptors (Lipinski definition) is 8. The average molecular weight is 647 g/mol. The maximum absolute atomic E-state index is 13.3. The van der Waals surface area contributed by atoms with E-state index in [2.05, 4.69) is 17.6 Å². The fraction of sp³-hybridized carbons (Fsp3) is 0.405. The van der Waals surface area contributed by atoms with Gasteiger partial charge in [-0.05, 0) is 62.9 Å². The Hall–Kier alpha value is -4.86. The lowest BCUT2D eigenvalue weighted by molar-refractivity contribution is -0.168. The third-order valence-electron chi connectivity index (χ3n) is 6.95. The highest BCUT2D eigenvalue weighted by Crippen LogP contribution is 2.21. The van der Waals surface area contributed by atoms with Gasteiger partial charge in [-0.15, -0.1) is 0 Å². The van der Waals surface area contributed by atoms with E-state index in [0.717, 1.165) is 30.4 Å². The normalized spacial score (nSPS) is 12.4. The number of amides is 2. The number of benzene rings is 3. The Morgan fingerprint density at radius 3 is 1.72 bits per heavy atom. The van der Waals surface area contributed by atoms with Gasteiger partial charge in [0, 0.05) is 13.0 Å². The molecule has 1 atom stereocenters. The van der Waals surface area contributed by atoms with Crippen molar-refractivity contribution in [2.75, 3.05) is 6.54 Å². The summed E-state index contributed by atoms with van der Waals surface area (Å²) in [6, 6.07) is 24.7. The van der Waals surface area contributed by atoms with Crippen molar-refractivity contribution in [2.24, 2.45) is 0 Å². The van der Waals surface area contributed by atoms with Crippen LogP contribution in [0.25, 0.3) is 0 Å². The van der Waals surface area contributed by atoms with Gasteiger partial charge in [0.15, 0.2) is 0 Å².